The highest BCUT2D eigenvalue weighted by Gasteiger charge is 2.37. The van der Waals surface area contributed by atoms with Crippen molar-refractivity contribution in [1.82, 2.24) is 10.3 Å². The number of hydrogen-bond donors (Lipinski definition) is 1. The Morgan fingerprint density at radius 2 is 2.13 bits per heavy atom. The van der Waals surface area contributed by atoms with Crippen LogP contribution in [-0.2, 0) is 0 Å². The van der Waals surface area contributed by atoms with E-state index in [2.05, 4.69) is 26.2 Å². The van der Waals surface area contributed by atoms with E-state index in [4.69, 9.17) is 0 Å². The molecule has 0 saturated heterocycles. The maximum absolute atomic E-state index is 11.9. The fourth-order valence-electron chi connectivity index (χ4n) is 1.71. The van der Waals surface area contributed by atoms with E-state index in [9.17, 15) is 4.79 Å². The second-order valence-corrected chi connectivity index (χ2v) is 4.52. The Morgan fingerprint density at radius 1 is 1.47 bits per heavy atom. The predicted molar refractivity (Wildman–Crippen MR) is 62.1 cm³/mol. The second kappa shape index (κ2) is 4.31. The average molecular weight is 269 g/mol. The zero-order valence-corrected chi connectivity index (χ0v) is 9.96. The summed E-state index contributed by atoms with van der Waals surface area (Å²) >= 11 is 3.46. The van der Waals surface area contributed by atoms with Crippen molar-refractivity contribution in [1.29, 1.82) is 0 Å². The van der Waals surface area contributed by atoms with Gasteiger partial charge in [0.1, 0.15) is 0 Å². The molecule has 0 bridgehead atoms. The van der Waals surface area contributed by atoms with Gasteiger partial charge in [-0.05, 0) is 31.4 Å². The van der Waals surface area contributed by atoms with Crippen molar-refractivity contribution in [3.8, 4) is 0 Å². The number of carbonyl (C=O) groups excluding carboxylic acids is 1. The molecule has 0 spiro atoms. The van der Waals surface area contributed by atoms with Crippen molar-refractivity contribution in [2.24, 2.45) is 0 Å². The van der Waals surface area contributed by atoms with Gasteiger partial charge in [0.15, 0.2) is 0 Å². The molecule has 0 atom stereocenters. The van der Waals surface area contributed by atoms with Crippen molar-refractivity contribution in [3.05, 3.63) is 30.1 Å². The first-order chi connectivity index (χ1) is 7.26. The fraction of sp³-hybridized carbons (Fsp3) is 0.455. The van der Waals surface area contributed by atoms with Gasteiger partial charge in [-0.25, -0.2) is 0 Å². The molecule has 0 aromatic carbocycles. The number of hydrogen-bond acceptors (Lipinski definition) is 2. The molecule has 1 aliphatic carbocycles. The van der Waals surface area contributed by atoms with E-state index in [1.165, 1.54) is 6.42 Å². The molecule has 1 saturated carbocycles. The Hall–Kier alpha value is -0.900. The minimum atomic E-state index is -0.0135. The van der Waals surface area contributed by atoms with Gasteiger partial charge >= 0.3 is 0 Å². The SMILES string of the molecule is O=C(NC1(CBr)CCC1)c1ccncc1. The minimum Gasteiger partial charge on any atom is -0.346 e. The molecule has 1 amide bonds. The van der Waals surface area contributed by atoms with E-state index < -0.39 is 0 Å². The molecular weight excluding hydrogens is 256 g/mol. The Kier molecular flexibility index (Phi) is 3.05. The van der Waals surface area contributed by atoms with Crippen LogP contribution in [0, 0.1) is 0 Å². The molecule has 15 heavy (non-hydrogen) atoms. The Bertz CT molecular complexity index is 343. The molecule has 80 valence electrons. The molecule has 1 N–H and O–H groups in total. The zero-order valence-electron chi connectivity index (χ0n) is 8.37. The fourth-order valence-corrected chi connectivity index (χ4v) is 2.41. The molecule has 3 nitrogen and oxygen atoms in total. The van der Waals surface area contributed by atoms with Crippen LogP contribution in [0.1, 0.15) is 29.6 Å². The van der Waals surface area contributed by atoms with Gasteiger partial charge in [0.2, 0.25) is 0 Å². The Labute approximate surface area is 97.4 Å². The Balaban J connectivity index is 2.04. The topological polar surface area (TPSA) is 42.0 Å². The van der Waals surface area contributed by atoms with E-state index >= 15 is 0 Å². The van der Waals surface area contributed by atoms with Gasteiger partial charge in [-0.2, -0.15) is 0 Å². The van der Waals surface area contributed by atoms with Crippen molar-refractivity contribution in [3.63, 3.8) is 0 Å². The lowest BCUT2D eigenvalue weighted by Crippen LogP contribution is -2.54. The number of amides is 1. The highest BCUT2D eigenvalue weighted by molar-refractivity contribution is 9.09. The summed E-state index contributed by atoms with van der Waals surface area (Å²) < 4.78 is 0. The van der Waals surface area contributed by atoms with Gasteiger partial charge in [-0.3, -0.25) is 9.78 Å². The van der Waals surface area contributed by atoms with Crippen LogP contribution in [0.2, 0.25) is 0 Å². The summed E-state index contributed by atoms with van der Waals surface area (Å²) in [6.07, 6.45) is 6.60. The number of nitrogens with one attached hydrogen (secondary N) is 1. The zero-order chi connectivity index (χ0) is 10.7. The smallest absolute Gasteiger partial charge is 0.251 e. The van der Waals surface area contributed by atoms with E-state index in [1.54, 1.807) is 24.5 Å². The largest absolute Gasteiger partial charge is 0.346 e. The van der Waals surface area contributed by atoms with Crippen LogP contribution in [0.5, 0.6) is 0 Å². The number of rotatable bonds is 3. The van der Waals surface area contributed by atoms with Crippen LogP contribution >= 0.6 is 15.9 Å². The molecule has 2 rings (SSSR count). The standard InChI is InChI=1S/C11H13BrN2O/c12-8-11(4-1-5-11)14-10(15)9-2-6-13-7-3-9/h2-3,6-7H,1,4-5,8H2,(H,14,15). The van der Waals surface area contributed by atoms with Crippen molar-refractivity contribution < 1.29 is 4.79 Å². The molecule has 1 aliphatic rings. The van der Waals surface area contributed by atoms with Crippen LogP contribution in [0.3, 0.4) is 0 Å². The highest BCUT2D eigenvalue weighted by atomic mass is 79.9. The summed E-state index contributed by atoms with van der Waals surface area (Å²) in [7, 11) is 0. The van der Waals surface area contributed by atoms with Gasteiger partial charge in [-0.1, -0.05) is 15.9 Å². The summed E-state index contributed by atoms with van der Waals surface area (Å²) in [6, 6.07) is 3.46. The van der Waals surface area contributed by atoms with E-state index in [0.29, 0.717) is 5.56 Å². The summed E-state index contributed by atoms with van der Waals surface area (Å²) in [5.41, 5.74) is 0.664. The van der Waals surface area contributed by atoms with Crippen molar-refractivity contribution in [2.45, 2.75) is 24.8 Å². The quantitative estimate of drug-likeness (QED) is 0.854. The third kappa shape index (κ3) is 2.20. The van der Waals surface area contributed by atoms with Crippen LogP contribution in [-0.4, -0.2) is 21.8 Å². The van der Waals surface area contributed by atoms with Crippen molar-refractivity contribution >= 4 is 21.8 Å². The van der Waals surface area contributed by atoms with Gasteiger partial charge in [0, 0.05) is 23.3 Å². The van der Waals surface area contributed by atoms with Gasteiger partial charge in [0.25, 0.3) is 5.91 Å². The number of halogens is 1. The normalized spacial score (nSPS) is 17.9. The average Bonchev–Trinajstić information content (AvgIpc) is 2.24. The summed E-state index contributed by atoms with van der Waals surface area (Å²) in [6.45, 7) is 0. The predicted octanol–water partition coefficient (Wildman–Crippen LogP) is 2.13. The van der Waals surface area contributed by atoms with Crippen LogP contribution < -0.4 is 5.32 Å². The Morgan fingerprint density at radius 3 is 2.60 bits per heavy atom. The van der Waals surface area contributed by atoms with E-state index in [0.717, 1.165) is 18.2 Å². The summed E-state index contributed by atoms with van der Waals surface area (Å²) in [5.74, 6) is -0.00319. The van der Waals surface area contributed by atoms with Gasteiger partial charge < -0.3 is 5.32 Å². The van der Waals surface area contributed by atoms with Gasteiger partial charge in [0.05, 0.1) is 5.54 Å². The highest BCUT2D eigenvalue weighted by Crippen LogP contribution is 2.33. The van der Waals surface area contributed by atoms with Crippen molar-refractivity contribution in [2.75, 3.05) is 5.33 Å². The molecule has 1 heterocycles. The van der Waals surface area contributed by atoms with E-state index in [-0.39, 0.29) is 11.4 Å². The lowest BCUT2D eigenvalue weighted by Gasteiger charge is -2.41. The molecule has 1 aromatic heterocycles. The van der Waals surface area contributed by atoms with Crippen LogP contribution in [0.4, 0.5) is 0 Å². The molecule has 0 unspecified atom stereocenters. The molecular formula is C11H13BrN2O. The summed E-state index contributed by atoms with van der Waals surface area (Å²) in [4.78, 5) is 15.7. The molecule has 1 fully saturated rings. The van der Waals surface area contributed by atoms with Gasteiger partial charge in [-0.15, -0.1) is 0 Å². The first-order valence-electron chi connectivity index (χ1n) is 5.04. The monoisotopic (exact) mass is 268 g/mol. The molecule has 1 aromatic rings. The maximum atomic E-state index is 11.9. The van der Waals surface area contributed by atoms with Crippen LogP contribution in [0.25, 0.3) is 0 Å². The number of nitrogens with zero attached hydrogens (tertiary/aromatic N) is 1. The molecule has 0 radical (unpaired) electrons. The maximum Gasteiger partial charge on any atom is 0.251 e. The molecule has 0 aliphatic heterocycles. The second-order valence-electron chi connectivity index (χ2n) is 3.96. The number of aromatic nitrogens is 1. The van der Waals surface area contributed by atoms with Crippen LogP contribution in [0.15, 0.2) is 24.5 Å². The third-order valence-corrected chi connectivity index (χ3v) is 3.96. The lowest BCUT2D eigenvalue weighted by atomic mass is 9.78. The lowest BCUT2D eigenvalue weighted by molar-refractivity contribution is 0.0856. The van der Waals surface area contributed by atoms with E-state index in [1.807, 2.05) is 0 Å². The third-order valence-electron chi connectivity index (χ3n) is 2.89. The first kappa shape index (κ1) is 10.6. The first-order valence-corrected chi connectivity index (χ1v) is 6.16. The number of carbonyl (C=O) groups is 1. The summed E-state index contributed by atoms with van der Waals surface area (Å²) in [5, 5.41) is 3.91. The minimum absolute atomic E-state index is 0.00319. The molecule has 4 heteroatoms. The number of pyridine rings is 1. The number of alkyl halides is 1.